The first kappa shape index (κ1) is 18.1. The van der Waals surface area contributed by atoms with Crippen molar-refractivity contribution in [2.24, 2.45) is 0 Å². The summed E-state index contributed by atoms with van der Waals surface area (Å²) < 4.78 is 0. The van der Waals surface area contributed by atoms with Gasteiger partial charge in [0.15, 0.2) is 0 Å². The van der Waals surface area contributed by atoms with Crippen LogP contribution in [0.3, 0.4) is 0 Å². The first-order chi connectivity index (χ1) is 10.9. The second kappa shape index (κ2) is 8.55. The van der Waals surface area contributed by atoms with Gasteiger partial charge in [0.1, 0.15) is 0 Å². The molecule has 0 heterocycles. The Bertz CT molecular complexity index is 691. The Labute approximate surface area is 150 Å². The lowest BCUT2D eigenvalue weighted by molar-refractivity contribution is -0.137. The average Bonchev–Trinajstić information content (AvgIpc) is 2.48. The van der Waals surface area contributed by atoms with Gasteiger partial charge in [-0.05, 0) is 35.4 Å². The van der Waals surface area contributed by atoms with Gasteiger partial charge in [-0.2, -0.15) is 0 Å². The normalized spacial score (nSPS) is 11.0. The van der Waals surface area contributed by atoms with E-state index in [1.807, 2.05) is 35.2 Å². The quantitative estimate of drug-likeness (QED) is 0.733. The topological polar surface area (TPSA) is 40.5 Å². The molecule has 122 valence electrons. The maximum Gasteiger partial charge on any atom is 0.304 e. The lowest BCUT2D eigenvalue weighted by Gasteiger charge is -2.22. The van der Waals surface area contributed by atoms with Gasteiger partial charge in [0.2, 0.25) is 0 Å². The van der Waals surface area contributed by atoms with Crippen LogP contribution in [0.1, 0.15) is 17.5 Å². The van der Waals surface area contributed by atoms with Crippen LogP contribution < -0.4 is 0 Å². The SMILES string of the molecule is O=C(O)CCN(Cc1cccc(Cl)c1)Cc1ccc(Cl)c(Cl)c1. The Morgan fingerprint density at radius 2 is 1.65 bits per heavy atom. The molecule has 0 aliphatic rings. The number of carboxylic acid groups (broad SMARTS) is 1. The average molecular weight is 373 g/mol. The third-order valence-corrected chi connectivity index (χ3v) is 4.30. The highest BCUT2D eigenvalue weighted by molar-refractivity contribution is 6.42. The molecule has 0 bridgehead atoms. The maximum absolute atomic E-state index is 10.9. The van der Waals surface area contributed by atoms with Crippen molar-refractivity contribution in [2.75, 3.05) is 6.54 Å². The van der Waals surface area contributed by atoms with Gasteiger partial charge in [-0.25, -0.2) is 0 Å². The summed E-state index contributed by atoms with van der Waals surface area (Å²) in [4.78, 5) is 12.9. The molecule has 0 aliphatic carbocycles. The summed E-state index contributed by atoms with van der Waals surface area (Å²) in [6.07, 6.45) is 0.0713. The molecule has 6 heteroatoms. The lowest BCUT2D eigenvalue weighted by atomic mass is 10.1. The van der Waals surface area contributed by atoms with Crippen molar-refractivity contribution in [1.82, 2.24) is 4.90 Å². The third-order valence-electron chi connectivity index (χ3n) is 3.33. The van der Waals surface area contributed by atoms with Gasteiger partial charge in [-0.3, -0.25) is 9.69 Å². The molecule has 3 nitrogen and oxygen atoms in total. The number of hydrogen-bond acceptors (Lipinski definition) is 2. The standard InChI is InChI=1S/C17H16Cl3NO2/c18-14-3-1-2-12(8-14)10-21(7-6-17(22)23)11-13-4-5-15(19)16(20)9-13/h1-5,8-9H,6-7,10-11H2,(H,22,23). The van der Waals surface area contributed by atoms with Crippen LogP contribution in [0.25, 0.3) is 0 Å². The summed E-state index contributed by atoms with van der Waals surface area (Å²) >= 11 is 18.0. The van der Waals surface area contributed by atoms with Crippen LogP contribution >= 0.6 is 34.8 Å². The number of halogens is 3. The minimum atomic E-state index is -0.824. The number of benzene rings is 2. The Hall–Kier alpha value is -1.26. The molecule has 1 N–H and O–H groups in total. The van der Waals surface area contributed by atoms with Crippen molar-refractivity contribution < 1.29 is 9.90 Å². The van der Waals surface area contributed by atoms with Crippen molar-refractivity contribution >= 4 is 40.8 Å². The lowest BCUT2D eigenvalue weighted by Crippen LogP contribution is -2.25. The van der Waals surface area contributed by atoms with Gasteiger partial charge in [-0.1, -0.05) is 53.0 Å². The molecule has 2 aromatic rings. The Kier molecular flexibility index (Phi) is 6.72. The van der Waals surface area contributed by atoms with Gasteiger partial charge < -0.3 is 5.11 Å². The number of hydrogen-bond donors (Lipinski definition) is 1. The number of rotatable bonds is 7. The monoisotopic (exact) mass is 371 g/mol. The van der Waals surface area contributed by atoms with Crippen molar-refractivity contribution in [2.45, 2.75) is 19.5 Å². The first-order valence-electron chi connectivity index (χ1n) is 7.06. The fourth-order valence-electron chi connectivity index (χ4n) is 2.26. The fraction of sp³-hybridized carbons (Fsp3) is 0.235. The summed E-state index contributed by atoms with van der Waals surface area (Å²) in [5, 5.41) is 10.6. The Morgan fingerprint density at radius 1 is 0.957 bits per heavy atom. The second-order valence-electron chi connectivity index (χ2n) is 5.23. The van der Waals surface area contributed by atoms with E-state index in [9.17, 15) is 4.79 Å². The zero-order valence-electron chi connectivity index (χ0n) is 12.3. The summed E-state index contributed by atoms with van der Waals surface area (Å²) in [5.41, 5.74) is 2.01. The highest BCUT2D eigenvalue weighted by atomic mass is 35.5. The van der Waals surface area contributed by atoms with Gasteiger partial charge >= 0.3 is 5.97 Å². The molecule has 0 unspecified atom stereocenters. The van der Waals surface area contributed by atoms with Crippen LogP contribution in [-0.4, -0.2) is 22.5 Å². The summed E-state index contributed by atoms with van der Waals surface area (Å²) in [5.74, 6) is -0.824. The van der Waals surface area contributed by atoms with Crippen LogP contribution in [0.4, 0.5) is 0 Å². The van der Waals surface area contributed by atoms with Crippen LogP contribution in [0.5, 0.6) is 0 Å². The molecule has 0 saturated heterocycles. The van der Waals surface area contributed by atoms with Crippen molar-refractivity contribution in [3.63, 3.8) is 0 Å². The Balaban J connectivity index is 2.12. The van der Waals surface area contributed by atoms with Gasteiger partial charge in [0.05, 0.1) is 16.5 Å². The number of carboxylic acids is 1. The second-order valence-corrected chi connectivity index (χ2v) is 6.48. The van der Waals surface area contributed by atoms with Crippen molar-refractivity contribution in [3.05, 3.63) is 68.7 Å². The van der Waals surface area contributed by atoms with E-state index < -0.39 is 5.97 Å². The van der Waals surface area contributed by atoms with E-state index in [0.29, 0.717) is 34.7 Å². The number of carbonyl (C=O) groups is 1. The van der Waals surface area contributed by atoms with E-state index in [1.54, 1.807) is 12.1 Å². The minimum Gasteiger partial charge on any atom is -0.481 e. The molecule has 0 aromatic heterocycles. The molecule has 2 aromatic carbocycles. The molecular formula is C17H16Cl3NO2. The molecule has 0 spiro atoms. The zero-order valence-corrected chi connectivity index (χ0v) is 14.6. The smallest absolute Gasteiger partial charge is 0.304 e. The van der Waals surface area contributed by atoms with Gasteiger partial charge in [0, 0.05) is 24.7 Å². The largest absolute Gasteiger partial charge is 0.481 e. The Morgan fingerprint density at radius 3 is 2.26 bits per heavy atom. The molecule has 0 radical (unpaired) electrons. The predicted molar refractivity (Wildman–Crippen MR) is 94.3 cm³/mol. The number of aliphatic carboxylic acids is 1. The van der Waals surface area contributed by atoms with Crippen molar-refractivity contribution in [1.29, 1.82) is 0 Å². The minimum absolute atomic E-state index is 0.0713. The van der Waals surface area contributed by atoms with Gasteiger partial charge in [-0.15, -0.1) is 0 Å². The van der Waals surface area contributed by atoms with Gasteiger partial charge in [0.25, 0.3) is 0 Å². The number of nitrogens with zero attached hydrogens (tertiary/aromatic N) is 1. The molecule has 0 fully saturated rings. The van der Waals surface area contributed by atoms with E-state index >= 15 is 0 Å². The molecule has 2 rings (SSSR count). The van der Waals surface area contributed by atoms with E-state index in [2.05, 4.69) is 0 Å². The van der Waals surface area contributed by atoms with Crippen LogP contribution in [0, 0.1) is 0 Å². The predicted octanol–water partition coefficient (Wildman–Crippen LogP) is 5.12. The van der Waals surface area contributed by atoms with E-state index in [1.165, 1.54) is 0 Å². The van der Waals surface area contributed by atoms with Crippen LogP contribution in [-0.2, 0) is 17.9 Å². The first-order valence-corrected chi connectivity index (χ1v) is 8.20. The molecule has 0 saturated carbocycles. The molecule has 23 heavy (non-hydrogen) atoms. The van der Waals surface area contributed by atoms with Crippen LogP contribution in [0.2, 0.25) is 15.1 Å². The molecule has 0 amide bonds. The van der Waals surface area contributed by atoms with E-state index in [0.717, 1.165) is 11.1 Å². The zero-order chi connectivity index (χ0) is 16.8. The summed E-state index contributed by atoms with van der Waals surface area (Å²) in [6, 6.07) is 13.0. The third kappa shape index (κ3) is 6.04. The summed E-state index contributed by atoms with van der Waals surface area (Å²) in [7, 11) is 0. The van der Waals surface area contributed by atoms with E-state index in [-0.39, 0.29) is 6.42 Å². The van der Waals surface area contributed by atoms with Crippen molar-refractivity contribution in [3.8, 4) is 0 Å². The molecule has 0 aliphatic heterocycles. The fourth-order valence-corrected chi connectivity index (χ4v) is 2.79. The maximum atomic E-state index is 10.9. The summed E-state index contributed by atoms with van der Waals surface area (Å²) in [6.45, 7) is 1.62. The highest BCUT2D eigenvalue weighted by Gasteiger charge is 2.11. The van der Waals surface area contributed by atoms with E-state index in [4.69, 9.17) is 39.9 Å². The molecule has 0 atom stereocenters. The van der Waals surface area contributed by atoms with Crippen LogP contribution in [0.15, 0.2) is 42.5 Å². The molecular weight excluding hydrogens is 357 g/mol. The highest BCUT2D eigenvalue weighted by Crippen LogP contribution is 2.24.